The lowest BCUT2D eigenvalue weighted by Crippen LogP contribution is -2.46. The highest BCUT2D eigenvalue weighted by molar-refractivity contribution is 6.09. The molecule has 32 heavy (non-hydrogen) atoms. The van der Waals surface area contributed by atoms with E-state index in [1.165, 1.54) is 6.08 Å². The van der Waals surface area contributed by atoms with E-state index in [4.69, 9.17) is 14.3 Å². The van der Waals surface area contributed by atoms with Gasteiger partial charge in [0, 0.05) is 32.3 Å². The lowest BCUT2D eigenvalue weighted by Gasteiger charge is -2.31. The number of ether oxygens (including phenoxy) is 2. The fourth-order valence-corrected chi connectivity index (χ4v) is 3.13. The average molecular weight is 436 g/mol. The molecule has 0 radical (unpaired) electrons. The highest BCUT2D eigenvalue weighted by Crippen LogP contribution is 2.28. The Morgan fingerprint density at radius 3 is 2.31 bits per heavy atom. The molecule has 0 spiro atoms. The minimum Gasteiger partial charge on any atom is -0.493 e. The van der Waals surface area contributed by atoms with Gasteiger partial charge in [0.2, 0.25) is 5.91 Å². The van der Waals surface area contributed by atoms with Crippen molar-refractivity contribution in [2.75, 3.05) is 47.4 Å². The molecule has 2 aromatic rings. The summed E-state index contributed by atoms with van der Waals surface area (Å²) in [6, 6.07) is 14.9. The van der Waals surface area contributed by atoms with Crippen molar-refractivity contribution in [2.45, 2.75) is 0 Å². The largest absolute Gasteiger partial charge is 0.493 e. The lowest BCUT2D eigenvalue weighted by atomic mass is 10.1. The molecule has 7 heteroatoms. The van der Waals surface area contributed by atoms with Crippen LogP contribution in [0.1, 0.15) is 5.56 Å². The molecule has 0 aromatic heterocycles. The monoisotopic (exact) mass is 435 g/mol. The highest BCUT2D eigenvalue weighted by Gasteiger charge is 2.16. The summed E-state index contributed by atoms with van der Waals surface area (Å²) >= 11 is 0. The Balaban J connectivity index is 1.77. The Labute approximate surface area is 189 Å². The summed E-state index contributed by atoms with van der Waals surface area (Å²) in [4.78, 5) is 22.2. The van der Waals surface area contributed by atoms with Crippen molar-refractivity contribution >= 4 is 17.7 Å². The lowest BCUT2D eigenvalue weighted by molar-refractivity contribution is -0.127. The van der Waals surface area contributed by atoms with Crippen molar-refractivity contribution in [3.63, 3.8) is 0 Å². The van der Waals surface area contributed by atoms with Gasteiger partial charge in [-0.25, -0.2) is 0 Å². The molecular weight excluding hydrogens is 406 g/mol. The zero-order valence-corrected chi connectivity index (χ0v) is 18.7. The second-order valence-corrected chi connectivity index (χ2v) is 7.33. The molecule has 0 saturated carbocycles. The zero-order valence-electron chi connectivity index (χ0n) is 18.7. The Bertz CT molecular complexity index is 978. The zero-order chi connectivity index (χ0) is 22.8. The van der Waals surface area contributed by atoms with Gasteiger partial charge in [-0.3, -0.25) is 4.79 Å². The van der Waals surface area contributed by atoms with Crippen molar-refractivity contribution < 1.29 is 19.1 Å². The molecule has 1 aliphatic rings. The number of benzene rings is 2. The Morgan fingerprint density at radius 2 is 1.62 bits per heavy atom. The van der Waals surface area contributed by atoms with Crippen LogP contribution >= 0.6 is 0 Å². The number of allylic oxidation sites excluding steroid dienone is 2. The SMILES string of the molecule is COc1ccc(/C=C/C(/C=C/C(=O)N2CCN(C)CC2)=N\Oc2ccccc2)cc1OC. The van der Waals surface area contributed by atoms with E-state index in [0.717, 1.165) is 18.7 Å². The van der Waals surface area contributed by atoms with E-state index in [1.54, 1.807) is 26.4 Å². The molecule has 1 amide bonds. The summed E-state index contributed by atoms with van der Waals surface area (Å²) in [6.45, 7) is 3.18. The number of para-hydroxylation sites is 1. The van der Waals surface area contributed by atoms with Gasteiger partial charge in [-0.1, -0.05) is 35.5 Å². The molecule has 1 saturated heterocycles. The number of piperazine rings is 1. The van der Waals surface area contributed by atoms with Gasteiger partial charge in [-0.2, -0.15) is 0 Å². The highest BCUT2D eigenvalue weighted by atomic mass is 16.6. The molecule has 0 N–H and O–H groups in total. The van der Waals surface area contributed by atoms with Crippen LogP contribution < -0.4 is 14.3 Å². The molecular formula is C25H29N3O4. The first-order valence-electron chi connectivity index (χ1n) is 10.4. The maximum atomic E-state index is 12.6. The van der Waals surface area contributed by atoms with E-state index in [9.17, 15) is 4.79 Å². The molecule has 0 bridgehead atoms. The summed E-state index contributed by atoms with van der Waals surface area (Å²) in [6.07, 6.45) is 6.87. The number of carbonyl (C=O) groups is 1. The van der Waals surface area contributed by atoms with Crippen LogP contribution in [-0.2, 0) is 4.79 Å². The predicted octanol–water partition coefficient (Wildman–Crippen LogP) is 3.48. The number of hydrogen-bond donors (Lipinski definition) is 0. The molecule has 0 unspecified atom stereocenters. The second kappa shape index (κ2) is 11.7. The van der Waals surface area contributed by atoms with Gasteiger partial charge in [0.25, 0.3) is 0 Å². The Hall–Kier alpha value is -3.58. The standard InChI is InChI=1S/C25H29N3O4/c1-27-15-17-28(18-16-27)25(29)14-12-21(26-32-22-7-5-4-6-8-22)11-9-20-10-13-23(30-2)24(19-20)31-3/h4-14,19H,15-18H2,1-3H3/b11-9+,14-12+,26-21+. The molecule has 3 rings (SSSR count). The number of rotatable bonds is 8. The van der Waals surface area contributed by atoms with Gasteiger partial charge in [-0.05, 0) is 49.0 Å². The average Bonchev–Trinajstić information content (AvgIpc) is 2.84. The van der Waals surface area contributed by atoms with Gasteiger partial charge in [-0.15, -0.1) is 0 Å². The van der Waals surface area contributed by atoms with Crippen LogP contribution in [0, 0.1) is 0 Å². The van der Waals surface area contributed by atoms with Crippen molar-refractivity contribution in [1.82, 2.24) is 9.80 Å². The maximum Gasteiger partial charge on any atom is 0.246 e. The summed E-state index contributed by atoms with van der Waals surface area (Å²) in [5.74, 6) is 1.87. The van der Waals surface area contributed by atoms with E-state index in [-0.39, 0.29) is 5.91 Å². The number of hydrogen-bond acceptors (Lipinski definition) is 6. The molecule has 2 aromatic carbocycles. The topological polar surface area (TPSA) is 63.6 Å². The summed E-state index contributed by atoms with van der Waals surface area (Å²) in [5, 5.41) is 4.22. The van der Waals surface area contributed by atoms with Crippen LogP contribution in [0.3, 0.4) is 0 Å². The fourth-order valence-electron chi connectivity index (χ4n) is 3.13. The summed E-state index contributed by atoms with van der Waals surface area (Å²) in [7, 11) is 5.25. The van der Waals surface area contributed by atoms with Crippen LogP contribution in [0.15, 0.2) is 71.9 Å². The number of amides is 1. The first-order valence-corrected chi connectivity index (χ1v) is 10.4. The third kappa shape index (κ3) is 6.72. The van der Waals surface area contributed by atoms with Crippen LogP contribution in [-0.4, -0.2) is 68.9 Å². The van der Waals surface area contributed by atoms with Gasteiger partial charge < -0.3 is 24.1 Å². The van der Waals surface area contributed by atoms with E-state index in [0.29, 0.717) is 36.0 Å². The van der Waals surface area contributed by atoms with E-state index in [2.05, 4.69) is 17.1 Å². The molecule has 1 fully saturated rings. The first-order chi connectivity index (χ1) is 15.6. The molecule has 7 nitrogen and oxygen atoms in total. The third-order valence-corrected chi connectivity index (χ3v) is 5.07. The van der Waals surface area contributed by atoms with Gasteiger partial charge >= 0.3 is 0 Å². The van der Waals surface area contributed by atoms with Crippen molar-refractivity contribution in [2.24, 2.45) is 5.16 Å². The van der Waals surface area contributed by atoms with Gasteiger partial charge in [0.1, 0.15) is 5.71 Å². The minimum atomic E-state index is -0.0370. The Morgan fingerprint density at radius 1 is 0.906 bits per heavy atom. The quantitative estimate of drug-likeness (QED) is 0.361. The minimum absolute atomic E-state index is 0.0370. The van der Waals surface area contributed by atoms with Crippen LogP contribution in [0.2, 0.25) is 0 Å². The van der Waals surface area contributed by atoms with Crippen LogP contribution in [0.5, 0.6) is 17.2 Å². The number of oxime groups is 1. The molecule has 0 aliphatic carbocycles. The first kappa shape index (κ1) is 23.1. The number of nitrogens with zero attached hydrogens (tertiary/aromatic N) is 3. The van der Waals surface area contributed by atoms with E-state index in [1.807, 2.05) is 59.5 Å². The van der Waals surface area contributed by atoms with Crippen LogP contribution in [0.25, 0.3) is 6.08 Å². The summed E-state index contributed by atoms with van der Waals surface area (Å²) < 4.78 is 10.6. The van der Waals surface area contributed by atoms with Crippen LogP contribution in [0.4, 0.5) is 0 Å². The van der Waals surface area contributed by atoms with E-state index >= 15 is 0 Å². The third-order valence-electron chi connectivity index (χ3n) is 5.07. The van der Waals surface area contributed by atoms with Gasteiger partial charge in [0.05, 0.1) is 14.2 Å². The van der Waals surface area contributed by atoms with Crippen molar-refractivity contribution in [3.8, 4) is 17.2 Å². The number of likely N-dealkylation sites (N-methyl/N-ethyl adjacent to an activating group) is 1. The second-order valence-electron chi connectivity index (χ2n) is 7.33. The van der Waals surface area contributed by atoms with Crippen molar-refractivity contribution in [3.05, 3.63) is 72.3 Å². The molecule has 1 aliphatic heterocycles. The van der Waals surface area contributed by atoms with E-state index < -0.39 is 0 Å². The Kier molecular flexibility index (Phi) is 8.45. The maximum absolute atomic E-state index is 12.6. The molecule has 168 valence electrons. The predicted molar refractivity (Wildman–Crippen MR) is 126 cm³/mol. The summed E-state index contributed by atoms with van der Waals surface area (Å²) in [5.41, 5.74) is 1.40. The molecule has 1 heterocycles. The fraction of sp³-hybridized carbons (Fsp3) is 0.280. The van der Waals surface area contributed by atoms with Crippen molar-refractivity contribution in [1.29, 1.82) is 0 Å². The van der Waals surface area contributed by atoms with Gasteiger partial charge in [0.15, 0.2) is 17.2 Å². The normalized spacial score (nSPS) is 15.3. The number of carbonyl (C=O) groups excluding carboxylic acids is 1. The smallest absolute Gasteiger partial charge is 0.246 e. The molecule has 0 atom stereocenters. The number of methoxy groups -OCH3 is 2.